The zero-order valence-corrected chi connectivity index (χ0v) is 11.5. The molecule has 2 aromatic rings. The van der Waals surface area contributed by atoms with E-state index in [-0.39, 0.29) is 0 Å². The van der Waals surface area contributed by atoms with E-state index in [1.54, 1.807) is 0 Å². The maximum atomic E-state index is 10.2. The van der Waals surface area contributed by atoms with Crippen molar-refractivity contribution >= 4 is 33.4 Å². The van der Waals surface area contributed by atoms with Gasteiger partial charge in [-0.3, -0.25) is 0 Å². The lowest BCUT2D eigenvalue weighted by molar-refractivity contribution is 0.474. The van der Waals surface area contributed by atoms with Gasteiger partial charge in [0.2, 0.25) is 0 Å². The molecule has 0 aliphatic carbocycles. The summed E-state index contributed by atoms with van der Waals surface area (Å²) >= 11 is 2.37. The van der Waals surface area contributed by atoms with Gasteiger partial charge in [-0.1, -0.05) is 52.9 Å². The minimum Gasteiger partial charge on any atom is -0.507 e. The van der Waals surface area contributed by atoms with Gasteiger partial charge in [0.15, 0.2) is 0 Å². The molecule has 0 aromatic heterocycles. The molecule has 0 saturated carbocycles. The fourth-order valence-electron chi connectivity index (χ4n) is 2.06. The molecule has 0 spiro atoms. The van der Waals surface area contributed by atoms with Crippen LogP contribution in [0.2, 0.25) is 0 Å². The lowest BCUT2D eigenvalue weighted by atomic mass is 9.98. The lowest BCUT2D eigenvalue weighted by Gasteiger charge is -2.10. The van der Waals surface area contributed by atoms with Gasteiger partial charge in [0.25, 0.3) is 0 Å². The van der Waals surface area contributed by atoms with Crippen molar-refractivity contribution in [3.63, 3.8) is 0 Å². The van der Waals surface area contributed by atoms with E-state index in [2.05, 4.69) is 41.6 Å². The molecule has 0 atom stereocenters. The van der Waals surface area contributed by atoms with Crippen LogP contribution in [0.3, 0.4) is 0 Å². The number of phenols is 1. The number of aryl methyl sites for hydroxylation is 2. The summed E-state index contributed by atoms with van der Waals surface area (Å²) in [5, 5.41) is 12.3. The van der Waals surface area contributed by atoms with Gasteiger partial charge < -0.3 is 5.11 Å². The van der Waals surface area contributed by atoms with Crippen molar-refractivity contribution in [2.24, 2.45) is 0 Å². The van der Waals surface area contributed by atoms with E-state index < -0.39 is 0 Å². The summed E-state index contributed by atoms with van der Waals surface area (Å²) in [4.78, 5) is 0. The van der Waals surface area contributed by atoms with Crippen molar-refractivity contribution < 1.29 is 5.11 Å². The standard InChI is InChI=1S/C14H15IO/c1-10-9-11(5-4-8-15)14(16)13-7-3-2-6-12(10)13/h2-3,6-7,9,16H,4-5,8H2,1H3. The highest BCUT2D eigenvalue weighted by Crippen LogP contribution is 2.32. The molecular weight excluding hydrogens is 311 g/mol. The molecule has 2 rings (SSSR count). The number of halogens is 1. The summed E-state index contributed by atoms with van der Waals surface area (Å²) < 4.78 is 1.13. The summed E-state index contributed by atoms with van der Waals surface area (Å²) in [6, 6.07) is 10.2. The Morgan fingerprint density at radius 1 is 1.19 bits per heavy atom. The quantitative estimate of drug-likeness (QED) is 0.661. The molecule has 0 heterocycles. The summed E-state index contributed by atoms with van der Waals surface area (Å²) in [6.45, 7) is 2.11. The van der Waals surface area contributed by atoms with Crippen molar-refractivity contribution in [1.29, 1.82) is 0 Å². The average molecular weight is 326 g/mol. The number of aromatic hydroxyl groups is 1. The van der Waals surface area contributed by atoms with Crippen LogP contribution in [-0.2, 0) is 6.42 Å². The molecule has 0 unspecified atom stereocenters. The second-order valence-corrected chi connectivity index (χ2v) is 5.12. The Bertz CT molecular complexity index is 505. The Labute approximate surface area is 110 Å². The average Bonchev–Trinajstić information content (AvgIpc) is 2.32. The van der Waals surface area contributed by atoms with Gasteiger partial charge >= 0.3 is 0 Å². The van der Waals surface area contributed by atoms with Crippen LogP contribution >= 0.6 is 22.6 Å². The molecule has 2 heteroatoms. The van der Waals surface area contributed by atoms with Crippen LogP contribution in [0.1, 0.15) is 17.5 Å². The van der Waals surface area contributed by atoms with Crippen LogP contribution in [-0.4, -0.2) is 9.53 Å². The van der Waals surface area contributed by atoms with Crippen molar-refractivity contribution in [3.8, 4) is 5.75 Å². The molecule has 2 aromatic carbocycles. The normalized spacial score (nSPS) is 10.9. The van der Waals surface area contributed by atoms with Crippen LogP contribution in [0.5, 0.6) is 5.75 Å². The predicted octanol–water partition coefficient (Wildman–Crippen LogP) is 4.22. The molecule has 0 fully saturated rings. The molecule has 0 saturated heterocycles. The van der Waals surface area contributed by atoms with Crippen molar-refractivity contribution in [2.45, 2.75) is 19.8 Å². The SMILES string of the molecule is Cc1cc(CCCI)c(O)c2ccccc12. The fourth-order valence-corrected chi connectivity index (χ4v) is 2.44. The maximum Gasteiger partial charge on any atom is 0.126 e. The van der Waals surface area contributed by atoms with Crippen LogP contribution in [0.15, 0.2) is 30.3 Å². The molecule has 1 nitrogen and oxygen atoms in total. The highest BCUT2D eigenvalue weighted by molar-refractivity contribution is 14.1. The van der Waals surface area contributed by atoms with E-state index in [4.69, 9.17) is 0 Å². The van der Waals surface area contributed by atoms with Gasteiger partial charge in [0.05, 0.1) is 0 Å². The Kier molecular flexibility index (Phi) is 3.69. The van der Waals surface area contributed by atoms with Crippen molar-refractivity contribution in [3.05, 3.63) is 41.5 Å². The van der Waals surface area contributed by atoms with Gasteiger partial charge in [-0.05, 0) is 40.7 Å². The van der Waals surface area contributed by atoms with Crippen LogP contribution in [0.25, 0.3) is 10.8 Å². The minimum absolute atomic E-state index is 0.464. The van der Waals surface area contributed by atoms with Crippen LogP contribution < -0.4 is 0 Å². The molecule has 0 aliphatic heterocycles. The Balaban J connectivity index is 2.56. The molecule has 0 aliphatic rings. The van der Waals surface area contributed by atoms with E-state index in [1.807, 2.05) is 18.2 Å². The third kappa shape index (κ3) is 2.17. The number of hydrogen-bond donors (Lipinski definition) is 1. The Morgan fingerprint density at radius 3 is 2.56 bits per heavy atom. The number of rotatable bonds is 3. The van der Waals surface area contributed by atoms with E-state index in [1.165, 1.54) is 5.56 Å². The number of fused-ring (bicyclic) bond motifs is 1. The molecule has 0 radical (unpaired) electrons. The maximum absolute atomic E-state index is 10.2. The summed E-state index contributed by atoms with van der Waals surface area (Å²) in [6.07, 6.45) is 2.08. The molecule has 0 bridgehead atoms. The first-order valence-corrected chi connectivity index (χ1v) is 7.02. The van der Waals surface area contributed by atoms with Gasteiger partial charge in [-0.25, -0.2) is 0 Å². The fraction of sp³-hybridized carbons (Fsp3) is 0.286. The minimum atomic E-state index is 0.464. The Morgan fingerprint density at radius 2 is 1.88 bits per heavy atom. The highest BCUT2D eigenvalue weighted by Gasteiger charge is 2.08. The van der Waals surface area contributed by atoms with E-state index in [0.717, 1.165) is 33.6 Å². The first-order valence-electron chi connectivity index (χ1n) is 5.50. The van der Waals surface area contributed by atoms with E-state index in [9.17, 15) is 5.11 Å². The Hall–Kier alpha value is -0.770. The number of phenolic OH excluding ortho intramolecular Hbond substituents is 1. The smallest absolute Gasteiger partial charge is 0.126 e. The van der Waals surface area contributed by atoms with Crippen LogP contribution in [0.4, 0.5) is 0 Å². The second kappa shape index (κ2) is 5.04. The van der Waals surface area contributed by atoms with Gasteiger partial charge in [-0.2, -0.15) is 0 Å². The van der Waals surface area contributed by atoms with Gasteiger partial charge in [0.1, 0.15) is 5.75 Å². The van der Waals surface area contributed by atoms with E-state index in [0.29, 0.717) is 5.75 Å². The van der Waals surface area contributed by atoms with Gasteiger partial charge in [-0.15, -0.1) is 0 Å². The molecule has 0 amide bonds. The zero-order valence-electron chi connectivity index (χ0n) is 9.33. The number of alkyl halides is 1. The predicted molar refractivity (Wildman–Crippen MR) is 77.6 cm³/mol. The first kappa shape index (κ1) is 11.7. The third-order valence-corrected chi connectivity index (χ3v) is 3.64. The first-order chi connectivity index (χ1) is 7.74. The lowest BCUT2D eigenvalue weighted by Crippen LogP contribution is -1.90. The van der Waals surface area contributed by atoms with Crippen LogP contribution in [0, 0.1) is 6.92 Å². The topological polar surface area (TPSA) is 20.2 Å². The number of hydrogen-bond acceptors (Lipinski definition) is 1. The molecular formula is C14H15IO. The largest absolute Gasteiger partial charge is 0.507 e. The third-order valence-electron chi connectivity index (χ3n) is 2.88. The second-order valence-electron chi connectivity index (χ2n) is 4.04. The molecule has 1 N–H and O–H groups in total. The summed E-state index contributed by atoms with van der Waals surface area (Å²) in [5.41, 5.74) is 2.32. The molecule has 84 valence electrons. The highest BCUT2D eigenvalue weighted by atomic mass is 127. The zero-order chi connectivity index (χ0) is 11.5. The monoisotopic (exact) mass is 326 g/mol. The summed E-state index contributed by atoms with van der Waals surface area (Å²) in [5.74, 6) is 0.464. The van der Waals surface area contributed by atoms with E-state index >= 15 is 0 Å². The van der Waals surface area contributed by atoms with Crippen molar-refractivity contribution in [1.82, 2.24) is 0 Å². The number of benzene rings is 2. The summed E-state index contributed by atoms with van der Waals surface area (Å²) in [7, 11) is 0. The van der Waals surface area contributed by atoms with Gasteiger partial charge in [0, 0.05) is 5.39 Å². The molecule has 16 heavy (non-hydrogen) atoms. The van der Waals surface area contributed by atoms with Crippen molar-refractivity contribution in [2.75, 3.05) is 4.43 Å².